The van der Waals surface area contributed by atoms with Gasteiger partial charge < -0.3 is 11.1 Å². The van der Waals surface area contributed by atoms with Gasteiger partial charge in [0.05, 0.1) is 5.56 Å². The van der Waals surface area contributed by atoms with Crippen LogP contribution >= 0.6 is 0 Å². The van der Waals surface area contributed by atoms with Crippen molar-refractivity contribution in [1.29, 1.82) is 0 Å². The molecule has 1 aromatic rings. The van der Waals surface area contributed by atoms with Crippen LogP contribution in [0.4, 0.5) is 18.9 Å². The number of primary amides is 1. The summed E-state index contributed by atoms with van der Waals surface area (Å²) in [6.45, 7) is 1.53. The lowest BCUT2D eigenvalue weighted by molar-refractivity contribution is -0.137. The molecule has 0 fully saturated rings. The van der Waals surface area contributed by atoms with E-state index in [0.717, 1.165) is 12.1 Å². The van der Waals surface area contributed by atoms with E-state index in [0.29, 0.717) is 5.56 Å². The van der Waals surface area contributed by atoms with Crippen molar-refractivity contribution in [2.75, 3.05) is 12.4 Å². The van der Waals surface area contributed by atoms with Crippen LogP contribution in [0.1, 0.15) is 21.5 Å². The van der Waals surface area contributed by atoms with Crippen LogP contribution in [0, 0.1) is 6.92 Å². The number of benzene rings is 1. The maximum absolute atomic E-state index is 12.5. The van der Waals surface area contributed by atoms with Crippen LogP contribution in [0.15, 0.2) is 12.1 Å². The van der Waals surface area contributed by atoms with Crippen molar-refractivity contribution >= 4 is 11.6 Å². The quantitative estimate of drug-likeness (QED) is 0.820. The van der Waals surface area contributed by atoms with Gasteiger partial charge in [-0.1, -0.05) is 0 Å². The highest BCUT2D eigenvalue weighted by molar-refractivity contribution is 5.96. The van der Waals surface area contributed by atoms with Crippen molar-refractivity contribution in [3.63, 3.8) is 0 Å². The second-order valence-corrected chi connectivity index (χ2v) is 3.31. The average Bonchev–Trinajstić information content (AvgIpc) is 2.15. The summed E-state index contributed by atoms with van der Waals surface area (Å²) >= 11 is 0. The zero-order valence-electron chi connectivity index (χ0n) is 8.77. The number of halogens is 3. The van der Waals surface area contributed by atoms with Gasteiger partial charge >= 0.3 is 6.18 Å². The molecule has 0 aliphatic carbocycles. The molecule has 0 atom stereocenters. The van der Waals surface area contributed by atoms with E-state index in [2.05, 4.69) is 5.32 Å². The van der Waals surface area contributed by atoms with Crippen molar-refractivity contribution in [1.82, 2.24) is 0 Å². The minimum Gasteiger partial charge on any atom is -0.388 e. The molecular formula is C10H11F3N2O. The summed E-state index contributed by atoms with van der Waals surface area (Å²) in [7, 11) is 1.48. The zero-order chi connectivity index (χ0) is 12.5. The summed E-state index contributed by atoms with van der Waals surface area (Å²) in [5.74, 6) is -0.875. The second kappa shape index (κ2) is 4.03. The van der Waals surface area contributed by atoms with Crippen LogP contribution in [-0.4, -0.2) is 13.0 Å². The Morgan fingerprint density at radius 3 is 2.31 bits per heavy atom. The van der Waals surface area contributed by atoms with Gasteiger partial charge in [-0.05, 0) is 24.6 Å². The summed E-state index contributed by atoms with van der Waals surface area (Å²) in [6, 6.07) is 1.71. The molecule has 0 radical (unpaired) electrons. The molecular weight excluding hydrogens is 221 g/mol. The number of alkyl halides is 3. The van der Waals surface area contributed by atoms with Gasteiger partial charge in [-0.15, -0.1) is 0 Å². The van der Waals surface area contributed by atoms with Gasteiger partial charge in [0, 0.05) is 18.3 Å². The zero-order valence-corrected chi connectivity index (χ0v) is 8.77. The number of anilines is 1. The first kappa shape index (κ1) is 12.4. The van der Waals surface area contributed by atoms with E-state index in [1.54, 1.807) is 0 Å². The highest BCUT2D eigenvalue weighted by Crippen LogP contribution is 2.33. The molecule has 0 bridgehead atoms. The van der Waals surface area contributed by atoms with Gasteiger partial charge in [0.25, 0.3) is 0 Å². The van der Waals surface area contributed by atoms with E-state index in [9.17, 15) is 18.0 Å². The summed E-state index contributed by atoms with van der Waals surface area (Å²) in [5, 5.41) is 2.60. The number of rotatable bonds is 2. The van der Waals surface area contributed by atoms with Crippen LogP contribution in [0.3, 0.4) is 0 Å². The Hall–Kier alpha value is -1.72. The van der Waals surface area contributed by atoms with E-state index in [4.69, 9.17) is 5.73 Å². The highest BCUT2D eigenvalue weighted by Gasteiger charge is 2.32. The predicted molar refractivity (Wildman–Crippen MR) is 54.2 cm³/mol. The fourth-order valence-electron chi connectivity index (χ4n) is 1.39. The first-order valence-electron chi connectivity index (χ1n) is 4.46. The monoisotopic (exact) mass is 232 g/mol. The average molecular weight is 232 g/mol. The number of nitrogens with one attached hydrogen (secondary N) is 1. The van der Waals surface area contributed by atoms with E-state index in [-0.39, 0.29) is 11.3 Å². The smallest absolute Gasteiger partial charge is 0.388 e. The summed E-state index contributed by atoms with van der Waals surface area (Å²) < 4.78 is 37.5. The normalized spacial score (nSPS) is 11.3. The largest absolute Gasteiger partial charge is 0.416 e. The summed E-state index contributed by atoms with van der Waals surface area (Å²) in [6.07, 6.45) is -4.50. The fraction of sp³-hybridized carbons (Fsp3) is 0.300. The lowest BCUT2D eigenvalue weighted by Gasteiger charge is -2.14. The Morgan fingerprint density at radius 1 is 1.38 bits per heavy atom. The van der Waals surface area contributed by atoms with Gasteiger partial charge in [-0.3, -0.25) is 4.79 Å². The van der Waals surface area contributed by atoms with Gasteiger partial charge in [-0.25, -0.2) is 0 Å². The number of carbonyl (C=O) groups is 1. The molecule has 0 unspecified atom stereocenters. The lowest BCUT2D eigenvalue weighted by Crippen LogP contribution is -2.16. The molecule has 0 aliphatic rings. The van der Waals surface area contributed by atoms with Crippen molar-refractivity contribution in [2.45, 2.75) is 13.1 Å². The first-order valence-corrected chi connectivity index (χ1v) is 4.46. The van der Waals surface area contributed by atoms with Gasteiger partial charge in [-0.2, -0.15) is 13.2 Å². The maximum Gasteiger partial charge on any atom is 0.416 e. The van der Waals surface area contributed by atoms with E-state index >= 15 is 0 Å². The molecule has 1 aromatic carbocycles. The van der Waals surface area contributed by atoms with Crippen LogP contribution in [-0.2, 0) is 6.18 Å². The minimum atomic E-state index is -4.50. The Balaban J connectivity index is 3.46. The Kier molecular flexibility index (Phi) is 3.11. The lowest BCUT2D eigenvalue weighted by atomic mass is 10.0. The number of carbonyl (C=O) groups excluding carboxylic acids is 1. The van der Waals surface area contributed by atoms with E-state index in [1.807, 2.05) is 0 Å². The molecule has 0 spiro atoms. The predicted octanol–water partition coefficient (Wildman–Crippen LogP) is 2.15. The van der Waals surface area contributed by atoms with Crippen LogP contribution < -0.4 is 11.1 Å². The van der Waals surface area contributed by atoms with Gasteiger partial charge in [0.2, 0.25) is 5.91 Å². The van der Waals surface area contributed by atoms with E-state index < -0.39 is 17.6 Å². The van der Waals surface area contributed by atoms with Crippen LogP contribution in [0.2, 0.25) is 0 Å². The Bertz CT molecular complexity index is 427. The molecule has 1 rings (SSSR count). The third kappa shape index (κ3) is 2.26. The van der Waals surface area contributed by atoms with Crippen molar-refractivity contribution in [3.8, 4) is 0 Å². The van der Waals surface area contributed by atoms with E-state index in [1.165, 1.54) is 14.0 Å². The summed E-state index contributed by atoms with van der Waals surface area (Å²) in [5.41, 5.74) is 4.64. The minimum absolute atomic E-state index is 0.126. The number of hydrogen-bond acceptors (Lipinski definition) is 2. The molecule has 3 N–H and O–H groups in total. The highest BCUT2D eigenvalue weighted by atomic mass is 19.4. The second-order valence-electron chi connectivity index (χ2n) is 3.31. The van der Waals surface area contributed by atoms with Crippen molar-refractivity contribution < 1.29 is 18.0 Å². The van der Waals surface area contributed by atoms with Crippen molar-refractivity contribution in [3.05, 3.63) is 28.8 Å². The van der Waals surface area contributed by atoms with Crippen LogP contribution in [0.25, 0.3) is 0 Å². The number of hydrogen-bond donors (Lipinski definition) is 2. The molecule has 6 heteroatoms. The number of amides is 1. The van der Waals surface area contributed by atoms with Gasteiger partial charge in [0.1, 0.15) is 0 Å². The molecule has 0 aromatic heterocycles. The van der Waals surface area contributed by atoms with Crippen molar-refractivity contribution in [2.24, 2.45) is 5.73 Å². The topological polar surface area (TPSA) is 55.1 Å². The first-order chi connectivity index (χ1) is 7.27. The third-order valence-corrected chi connectivity index (χ3v) is 2.27. The summed E-state index contributed by atoms with van der Waals surface area (Å²) in [4.78, 5) is 11.0. The molecule has 0 aliphatic heterocycles. The molecule has 0 heterocycles. The Labute approximate surface area is 90.4 Å². The number of nitrogens with two attached hydrogens (primary N) is 1. The van der Waals surface area contributed by atoms with Crippen LogP contribution in [0.5, 0.6) is 0 Å². The molecule has 0 saturated carbocycles. The molecule has 1 amide bonds. The van der Waals surface area contributed by atoms with Gasteiger partial charge in [0.15, 0.2) is 0 Å². The standard InChI is InChI=1S/C10H11F3N2O/c1-5-7(9(14)16)3-6(10(11,12)13)4-8(5)15-2/h3-4,15H,1-2H3,(H2,14,16). The molecule has 3 nitrogen and oxygen atoms in total. The maximum atomic E-state index is 12.5. The molecule has 16 heavy (non-hydrogen) atoms. The third-order valence-electron chi connectivity index (χ3n) is 2.27. The Morgan fingerprint density at radius 2 is 1.94 bits per heavy atom. The SMILES string of the molecule is CNc1cc(C(F)(F)F)cc(C(N)=O)c1C. The molecule has 88 valence electrons. The molecule has 0 saturated heterocycles. The fourth-order valence-corrected chi connectivity index (χ4v) is 1.39.